The average molecular weight is 617 g/mol. The zero-order valence-corrected chi connectivity index (χ0v) is 23.3. The molecule has 0 unspecified atom stereocenters. The minimum Gasteiger partial charge on any atom is -0.489 e. The SMILES string of the molecule is CS(=O)(=O)N(OC(=O)C(F)(F)F)C(=O)c1cc(C2CC2)c(O[C@@H]2CCCN(Cc3ccc4c(c3)OCCO4)C2)cc1F. The number of halogens is 4. The standard InChI is InChI=1S/C27H28F4N2O8S/c1-42(36,37)33(41-26(35)27(29,30)31)25(34)20-12-19(17-5-6-17)23(13-21(20)28)40-18-3-2-8-32(15-18)14-16-4-7-22-24(11-16)39-10-9-38-22/h4,7,11-13,17-18H,2-3,5-6,8-10,14-15H2,1H3/t18-/m1/s1. The number of hydroxylamine groups is 1. The van der Waals surface area contributed by atoms with Crippen LogP contribution in [0, 0.1) is 5.82 Å². The molecule has 2 aliphatic heterocycles. The highest BCUT2D eigenvalue weighted by Crippen LogP contribution is 2.46. The molecule has 10 nitrogen and oxygen atoms in total. The quantitative estimate of drug-likeness (QED) is 0.337. The zero-order valence-electron chi connectivity index (χ0n) is 22.5. The number of alkyl halides is 3. The second-order valence-corrected chi connectivity index (χ2v) is 12.2. The lowest BCUT2D eigenvalue weighted by molar-refractivity contribution is -0.216. The summed E-state index contributed by atoms with van der Waals surface area (Å²) in [7, 11) is -4.85. The van der Waals surface area contributed by atoms with Crippen LogP contribution < -0.4 is 14.2 Å². The van der Waals surface area contributed by atoms with Crippen molar-refractivity contribution in [2.24, 2.45) is 0 Å². The molecule has 2 aromatic rings. The van der Waals surface area contributed by atoms with Crippen molar-refractivity contribution >= 4 is 21.9 Å². The van der Waals surface area contributed by atoms with E-state index in [4.69, 9.17) is 14.2 Å². The molecule has 15 heteroatoms. The number of amides is 1. The molecule has 0 N–H and O–H groups in total. The van der Waals surface area contributed by atoms with Gasteiger partial charge in [0, 0.05) is 19.2 Å². The summed E-state index contributed by atoms with van der Waals surface area (Å²) in [6.07, 6.45) is -2.69. The number of carbonyl (C=O) groups is 2. The number of piperidine rings is 1. The number of hydrogen-bond acceptors (Lipinski definition) is 9. The van der Waals surface area contributed by atoms with Gasteiger partial charge >= 0.3 is 18.1 Å². The largest absolute Gasteiger partial charge is 0.493 e. The molecule has 1 saturated heterocycles. The molecule has 1 amide bonds. The summed E-state index contributed by atoms with van der Waals surface area (Å²) in [5, 5.41) is 0. The Bertz CT molecular complexity index is 1480. The van der Waals surface area contributed by atoms with Crippen LogP contribution in [0.1, 0.15) is 53.1 Å². The lowest BCUT2D eigenvalue weighted by Gasteiger charge is -2.33. The minimum atomic E-state index is -5.59. The second kappa shape index (κ2) is 11.6. The van der Waals surface area contributed by atoms with Crippen LogP contribution in [0.3, 0.4) is 0 Å². The number of ether oxygens (including phenoxy) is 3. The number of benzene rings is 2. The smallest absolute Gasteiger partial charge is 0.489 e. The van der Waals surface area contributed by atoms with Crippen LogP contribution in [-0.4, -0.2) is 74.5 Å². The van der Waals surface area contributed by atoms with Crippen molar-refractivity contribution in [3.63, 3.8) is 0 Å². The normalized spacial score (nSPS) is 19.2. The Balaban J connectivity index is 1.32. The van der Waals surface area contributed by atoms with Gasteiger partial charge in [-0.25, -0.2) is 17.6 Å². The maximum absolute atomic E-state index is 15.2. The number of likely N-dealkylation sites (tertiary alicyclic amines) is 1. The minimum absolute atomic E-state index is 0.117. The fraction of sp³-hybridized carbons (Fsp3) is 0.481. The number of carbonyl (C=O) groups excluding carboxylic acids is 2. The Labute approximate surface area is 239 Å². The molecule has 1 atom stereocenters. The highest BCUT2D eigenvalue weighted by atomic mass is 32.2. The van der Waals surface area contributed by atoms with Crippen LogP contribution in [0.5, 0.6) is 17.2 Å². The Kier molecular flexibility index (Phi) is 8.25. The molecular weight excluding hydrogens is 588 g/mol. The zero-order chi connectivity index (χ0) is 30.2. The van der Waals surface area contributed by atoms with E-state index in [-0.39, 0.29) is 17.8 Å². The molecule has 0 bridgehead atoms. The van der Waals surface area contributed by atoms with E-state index in [1.807, 2.05) is 18.2 Å². The first-order valence-corrected chi connectivity index (χ1v) is 15.1. The maximum atomic E-state index is 15.2. The Hall–Kier alpha value is -3.59. The van der Waals surface area contributed by atoms with Crippen molar-refractivity contribution in [2.45, 2.75) is 50.4 Å². The van der Waals surface area contributed by atoms with E-state index in [0.29, 0.717) is 68.9 Å². The van der Waals surface area contributed by atoms with Crippen LogP contribution in [0.4, 0.5) is 17.6 Å². The van der Waals surface area contributed by atoms with Gasteiger partial charge in [0.05, 0.1) is 11.8 Å². The van der Waals surface area contributed by atoms with E-state index in [2.05, 4.69) is 9.74 Å². The summed E-state index contributed by atoms with van der Waals surface area (Å²) in [6.45, 7) is 2.92. The van der Waals surface area contributed by atoms with Gasteiger partial charge in [-0.05, 0) is 67.5 Å². The predicted molar refractivity (Wildman–Crippen MR) is 138 cm³/mol. The number of nitrogens with zero attached hydrogens (tertiary/aromatic N) is 2. The Morgan fingerprint density at radius 1 is 1.07 bits per heavy atom. The van der Waals surface area contributed by atoms with Crippen molar-refractivity contribution in [3.05, 3.63) is 52.8 Å². The topological polar surface area (TPSA) is 112 Å². The van der Waals surface area contributed by atoms with Crippen LogP contribution >= 0.6 is 0 Å². The third kappa shape index (κ3) is 6.89. The fourth-order valence-corrected chi connectivity index (χ4v) is 5.52. The molecule has 1 saturated carbocycles. The highest BCUT2D eigenvalue weighted by Gasteiger charge is 2.46. The Morgan fingerprint density at radius 2 is 1.79 bits per heavy atom. The molecule has 2 aromatic carbocycles. The lowest BCUT2D eigenvalue weighted by Crippen LogP contribution is -2.42. The highest BCUT2D eigenvalue weighted by molar-refractivity contribution is 7.88. The summed E-state index contributed by atoms with van der Waals surface area (Å²) >= 11 is 0. The van der Waals surface area contributed by atoms with Crippen molar-refractivity contribution in [3.8, 4) is 17.2 Å². The van der Waals surface area contributed by atoms with Gasteiger partial charge in [-0.1, -0.05) is 10.5 Å². The first-order chi connectivity index (χ1) is 19.8. The van der Waals surface area contributed by atoms with Crippen molar-refractivity contribution < 1.29 is 54.6 Å². The monoisotopic (exact) mass is 616 g/mol. The summed E-state index contributed by atoms with van der Waals surface area (Å²) in [5.74, 6) is -4.53. The van der Waals surface area contributed by atoms with E-state index < -0.39 is 43.9 Å². The van der Waals surface area contributed by atoms with Gasteiger partial charge in [-0.15, -0.1) is 0 Å². The van der Waals surface area contributed by atoms with Gasteiger partial charge in [0.1, 0.15) is 30.9 Å². The van der Waals surface area contributed by atoms with Gasteiger partial charge in [-0.3, -0.25) is 9.69 Å². The van der Waals surface area contributed by atoms with E-state index >= 15 is 4.39 Å². The van der Waals surface area contributed by atoms with Gasteiger partial charge in [0.15, 0.2) is 11.5 Å². The third-order valence-electron chi connectivity index (χ3n) is 6.98. The Morgan fingerprint density at radius 3 is 2.45 bits per heavy atom. The van der Waals surface area contributed by atoms with E-state index in [1.54, 1.807) is 0 Å². The summed E-state index contributed by atoms with van der Waals surface area (Å²) in [4.78, 5) is 30.2. The first kappa shape index (κ1) is 29.9. The molecule has 42 heavy (non-hydrogen) atoms. The number of hydrogen-bond donors (Lipinski definition) is 0. The molecule has 1 aliphatic carbocycles. The van der Waals surface area contributed by atoms with E-state index in [9.17, 15) is 31.2 Å². The van der Waals surface area contributed by atoms with Crippen LogP contribution in [0.25, 0.3) is 0 Å². The average Bonchev–Trinajstić information content (AvgIpc) is 3.76. The molecule has 0 aromatic heterocycles. The molecular formula is C27H28F4N2O8S. The summed E-state index contributed by atoms with van der Waals surface area (Å²) in [5.41, 5.74) is 0.571. The van der Waals surface area contributed by atoms with Crippen LogP contribution in [-0.2, 0) is 26.2 Å². The molecule has 0 spiro atoms. The third-order valence-corrected chi connectivity index (χ3v) is 7.82. The van der Waals surface area contributed by atoms with Crippen molar-refractivity contribution in [1.29, 1.82) is 0 Å². The molecule has 228 valence electrons. The number of rotatable bonds is 7. The van der Waals surface area contributed by atoms with Gasteiger partial charge < -0.3 is 19.0 Å². The van der Waals surface area contributed by atoms with Crippen molar-refractivity contribution in [1.82, 2.24) is 9.37 Å². The predicted octanol–water partition coefficient (Wildman–Crippen LogP) is 3.94. The lowest BCUT2D eigenvalue weighted by atomic mass is 10.0. The molecule has 5 rings (SSSR count). The maximum Gasteiger partial charge on any atom is 0.493 e. The van der Waals surface area contributed by atoms with Crippen LogP contribution in [0.15, 0.2) is 30.3 Å². The van der Waals surface area contributed by atoms with E-state index in [0.717, 1.165) is 30.7 Å². The van der Waals surface area contributed by atoms with Gasteiger partial charge in [0.25, 0.3) is 10.0 Å². The summed E-state index contributed by atoms with van der Waals surface area (Å²) < 4.78 is 94.0. The molecule has 2 fully saturated rings. The number of sulfonamides is 1. The summed E-state index contributed by atoms with van der Waals surface area (Å²) in [6, 6.07) is 7.73. The van der Waals surface area contributed by atoms with Crippen LogP contribution in [0.2, 0.25) is 0 Å². The van der Waals surface area contributed by atoms with Gasteiger partial charge in [-0.2, -0.15) is 13.2 Å². The first-order valence-electron chi connectivity index (χ1n) is 13.2. The molecule has 0 radical (unpaired) electrons. The van der Waals surface area contributed by atoms with Crippen molar-refractivity contribution in [2.75, 3.05) is 32.6 Å². The van der Waals surface area contributed by atoms with E-state index in [1.165, 1.54) is 0 Å². The molecule has 2 heterocycles. The fourth-order valence-electron chi connectivity index (χ4n) is 4.91. The van der Waals surface area contributed by atoms with Gasteiger partial charge in [0.2, 0.25) is 0 Å². The number of fused-ring (bicyclic) bond motifs is 1. The molecule has 3 aliphatic rings. The second-order valence-electron chi connectivity index (χ2n) is 10.4.